The Hall–Kier alpha value is -1.95. The molecule has 106 valence electrons. The lowest BCUT2D eigenvalue weighted by molar-refractivity contribution is -0.132. The molecule has 1 atom stereocenters. The zero-order valence-corrected chi connectivity index (χ0v) is 11.4. The maximum atomic E-state index is 12.3. The zero-order chi connectivity index (χ0) is 13.9. The normalized spacial score (nSPS) is 20.1. The van der Waals surface area contributed by atoms with E-state index in [9.17, 15) is 4.79 Å². The van der Waals surface area contributed by atoms with Crippen LogP contribution in [0.1, 0.15) is 19.3 Å². The topological polar surface area (TPSA) is 77.0 Å². The largest absolute Gasteiger partial charge is 0.339 e. The fourth-order valence-corrected chi connectivity index (χ4v) is 2.60. The second-order valence-corrected chi connectivity index (χ2v) is 5.31. The highest BCUT2D eigenvalue weighted by Crippen LogP contribution is 2.11. The Morgan fingerprint density at radius 1 is 1.25 bits per heavy atom. The molecule has 1 aromatic heterocycles. The lowest BCUT2D eigenvalue weighted by atomic mass is 10.2. The van der Waals surface area contributed by atoms with Crippen LogP contribution in [0.15, 0.2) is 24.3 Å². The van der Waals surface area contributed by atoms with Crippen molar-refractivity contribution in [2.75, 3.05) is 13.1 Å². The number of likely N-dealkylation sites (tertiary alicyclic amines) is 1. The summed E-state index contributed by atoms with van der Waals surface area (Å²) in [6.45, 7) is 1.61. The standard InChI is InChI=1S/C14H19N5O/c15-11-5-3-4-8-18(9-11)14(20)10-19-16-12-6-1-2-7-13(12)17-19/h1-2,6-7,11H,3-5,8-10,15H2/t11-/m1/s1. The van der Waals surface area contributed by atoms with Crippen molar-refractivity contribution in [1.82, 2.24) is 19.9 Å². The predicted octanol–water partition coefficient (Wildman–Crippen LogP) is 0.771. The van der Waals surface area contributed by atoms with Gasteiger partial charge in [0.15, 0.2) is 0 Å². The van der Waals surface area contributed by atoms with Gasteiger partial charge >= 0.3 is 0 Å². The van der Waals surface area contributed by atoms with Gasteiger partial charge < -0.3 is 10.6 Å². The smallest absolute Gasteiger partial charge is 0.246 e. The highest BCUT2D eigenvalue weighted by Gasteiger charge is 2.20. The third-order valence-corrected chi connectivity index (χ3v) is 3.67. The SMILES string of the molecule is N[C@@H]1CCCCN(C(=O)Cn2nc3ccccc3n2)C1. The number of nitrogens with two attached hydrogens (primary N) is 1. The molecule has 1 aromatic carbocycles. The number of nitrogens with zero attached hydrogens (tertiary/aromatic N) is 4. The van der Waals surface area contributed by atoms with Crippen LogP contribution in [0.4, 0.5) is 0 Å². The number of carbonyl (C=O) groups is 1. The van der Waals surface area contributed by atoms with Crippen LogP contribution in [-0.4, -0.2) is 44.9 Å². The summed E-state index contributed by atoms with van der Waals surface area (Å²) in [5.74, 6) is 0.0441. The average Bonchev–Trinajstić information content (AvgIpc) is 2.71. The molecule has 0 radical (unpaired) electrons. The van der Waals surface area contributed by atoms with Gasteiger partial charge in [0.25, 0.3) is 0 Å². The number of rotatable bonds is 2. The highest BCUT2D eigenvalue weighted by molar-refractivity contribution is 5.77. The van der Waals surface area contributed by atoms with Crippen LogP contribution in [0.5, 0.6) is 0 Å². The first-order valence-corrected chi connectivity index (χ1v) is 7.05. The van der Waals surface area contributed by atoms with E-state index in [0.717, 1.165) is 36.8 Å². The monoisotopic (exact) mass is 273 g/mol. The van der Waals surface area contributed by atoms with Crippen molar-refractivity contribution >= 4 is 16.9 Å². The minimum absolute atomic E-state index is 0.0441. The second kappa shape index (κ2) is 5.58. The van der Waals surface area contributed by atoms with Gasteiger partial charge in [0.2, 0.25) is 5.91 Å². The molecule has 3 rings (SSSR count). The van der Waals surface area contributed by atoms with Crippen molar-refractivity contribution in [1.29, 1.82) is 0 Å². The van der Waals surface area contributed by atoms with Gasteiger partial charge in [-0.05, 0) is 25.0 Å². The van der Waals surface area contributed by atoms with E-state index in [1.165, 1.54) is 4.80 Å². The van der Waals surface area contributed by atoms with E-state index >= 15 is 0 Å². The number of aromatic nitrogens is 3. The van der Waals surface area contributed by atoms with Crippen LogP contribution in [0.3, 0.4) is 0 Å². The molecule has 0 unspecified atom stereocenters. The molecule has 1 amide bonds. The molecule has 1 fully saturated rings. The van der Waals surface area contributed by atoms with Crippen molar-refractivity contribution in [3.8, 4) is 0 Å². The van der Waals surface area contributed by atoms with Crippen molar-refractivity contribution < 1.29 is 4.79 Å². The third kappa shape index (κ3) is 2.80. The van der Waals surface area contributed by atoms with Gasteiger partial charge in [0, 0.05) is 19.1 Å². The van der Waals surface area contributed by atoms with E-state index in [0.29, 0.717) is 6.54 Å². The third-order valence-electron chi connectivity index (χ3n) is 3.67. The van der Waals surface area contributed by atoms with Crippen molar-refractivity contribution in [3.05, 3.63) is 24.3 Å². The maximum absolute atomic E-state index is 12.3. The van der Waals surface area contributed by atoms with Crippen LogP contribution in [0.25, 0.3) is 11.0 Å². The van der Waals surface area contributed by atoms with Crippen LogP contribution in [0, 0.1) is 0 Å². The Bertz CT molecular complexity index is 575. The van der Waals surface area contributed by atoms with E-state index < -0.39 is 0 Å². The quantitative estimate of drug-likeness (QED) is 0.877. The predicted molar refractivity (Wildman–Crippen MR) is 75.9 cm³/mol. The molecule has 1 saturated heterocycles. The van der Waals surface area contributed by atoms with Gasteiger partial charge in [-0.3, -0.25) is 4.79 Å². The molecular formula is C14H19N5O. The first kappa shape index (κ1) is 13.1. The molecule has 0 saturated carbocycles. The first-order chi connectivity index (χ1) is 9.72. The average molecular weight is 273 g/mol. The zero-order valence-electron chi connectivity index (χ0n) is 11.4. The van der Waals surface area contributed by atoms with Crippen molar-refractivity contribution in [2.24, 2.45) is 5.73 Å². The summed E-state index contributed by atoms with van der Waals surface area (Å²) < 4.78 is 0. The molecule has 2 N–H and O–H groups in total. The number of fused-ring (bicyclic) bond motifs is 1. The van der Waals surface area contributed by atoms with Crippen LogP contribution >= 0.6 is 0 Å². The van der Waals surface area contributed by atoms with Gasteiger partial charge in [0.1, 0.15) is 17.6 Å². The Labute approximate surface area is 117 Å². The van der Waals surface area contributed by atoms with Crippen molar-refractivity contribution in [2.45, 2.75) is 31.8 Å². The molecule has 1 aliphatic rings. The van der Waals surface area contributed by atoms with Gasteiger partial charge in [-0.1, -0.05) is 18.6 Å². The van der Waals surface area contributed by atoms with Gasteiger partial charge in [0.05, 0.1) is 0 Å². The van der Waals surface area contributed by atoms with E-state index in [1.807, 2.05) is 29.2 Å². The number of carbonyl (C=O) groups excluding carboxylic acids is 1. The summed E-state index contributed by atoms with van der Waals surface area (Å²) in [4.78, 5) is 15.6. The minimum Gasteiger partial charge on any atom is -0.339 e. The molecule has 6 nitrogen and oxygen atoms in total. The van der Waals surface area contributed by atoms with E-state index in [4.69, 9.17) is 5.73 Å². The lowest BCUT2D eigenvalue weighted by Crippen LogP contribution is -2.41. The van der Waals surface area contributed by atoms with Crippen LogP contribution in [0.2, 0.25) is 0 Å². The van der Waals surface area contributed by atoms with Gasteiger partial charge in [-0.15, -0.1) is 0 Å². The van der Waals surface area contributed by atoms with Gasteiger partial charge in [-0.2, -0.15) is 15.0 Å². The summed E-state index contributed by atoms with van der Waals surface area (Å²) in [7, 11) is 0. The lowest BCUT2D eigenvalue weighted by Gasteiger charge is -2.22. The summed E-state index contributed by atoms with van der Waals surface area (Å²) in [5, 5.41) is 8.63. The minimum atomic E-state index is 0.0441. The fraction of sp³-hybridized carbons (Fsp3) is 0.500. The molecule has 0 spiro atoms. The van der Waals surface area contributed by atoms with Crippen LogP contribution < -0.4 is 5.73 Å². The van der Waals surface area contributed by atoms with Gasteiger partial charge in [-0.25, -0.2) is 0 Å². The summed E-state index contributed by atoms with van der Waals surface area (Å²) in [6.07, 6.45) is 3.11. The van der Waals surface area contributed by atoms with Crippen LogP contribution in [-0.2, 0) is 11.3 Å². The Balaban J connectivity index is 1.71. The second-order valence-electron chi connectivity index (χ2n) is 5.31. The molecule has 0 aliphatic carbocycles. The number of hydrogen-bond donors (Lipinski definition) is 1. The summed E-state index contributed by atoms with van der Waals surface area (Å²) in [6, 6.07) is 7.70. The van der Waals surface area contributed by atoms with E-state index in [1.54, 1.807) is 0 Å². The number of benzene rings is 1. The molecule has 1 aliphatic heterocycles. The Morgan fingerprint density at radius 2 is 1.95 bits per heavy atom. The van der Waals surface area contributed by atoms with Crippen molar-refractivity contribution in [3.63, 3.8) is 0 Å². The highest BCUT2D eigenvalue weighted by atomic mass is 16.2. The maximum Gasteiger partial charge on any atom is 0.246 e. The number of hydrogen-bond acceptors (Lipinski definition) is 4. The van der Waals surface area contributed by atoms with E-state index in [-0.39, 0.29) is 18.5 Å². The van der Waals surface area contributed by atoms with E-state index in [2.05, 4.69) is 10.2 Å². The summed E-state index contributed by atoms with van der Waals surface area (Å²) >= 11 is 0. The molecule has 0 bridgehead atoms. The molecule has 20 heavy (non-hydrogen) atoms. The number of amides is 1. The Morgan fingerprint density at radius 3 is 2.65 bits per heavy atom. The molecule has 2 aromatic rings. The summed E-state index contributed by atoms with van der Waals surface area (Å²) in [5.41, 5.74) is 7.61. The first-order valence-electron chi connectivity index (χ1n) is 7.05. The Kier molecular flexibility index (Phi) is 3.64. The molecule has 2 heterocycles. The molecule has 6 heteroatoms. The fourth-order valence-electron chi connectivity index (χ4n) is 2.60. The molecular weight excluding hydrogens is 254 g/mol.